The highest BCUT2D eigenvalue weighted by atomic mass is 35.5. The SMILES string of the molecule is Cc1cc(OCCCNN=C(N)N)cc(OS(=O)(=O)C(F)(F)F)c1.Cl. The van der Waals surface area contributed by atoms with Crippen LogP contribution in [-0.2, 0) is 10.1 Å². The minimum atomic E-state index is -5.73. The van der Waals surface area contributed by atoms with Gasteiger partial charge in [-0.1, -0.05) is 0 Å². The number of alkyl halides is 3. The van der Waals surface area contributed by atoms with Crippen LogP contribution in [0.1, 0.15) is 12.0 Å². The average molecular weight is 407 g/mol. The van der Waals surface area contributed by atoms with Crippen LogP contribution in [0, 0.1) is 6.92 Å². The Morgan fingerprint density at radius 3 is 2.40 bits per heavy atom. The molecule has 0 aliphatic heterocycles. The molecule has 144 valence electrons. The summed E-state index contributed by atoms with van der Waals surface area (Å²) in [5.74, 6) is -0.438. The summed E-state index contributed by atoms with van der Waals surface area (Å²) in [6.07, 6.45) is 0.488. The van der Waals surface area contributed by atoms with Crippen molar-refractivity contribution in [1.29, 1.82) is 0 Å². The molecule has 0 unspecified atom stereocenters. The fourth-order valence-electron chi connectivity index (χ4n) is 1.51. The van der Waals surface area contributed by atoms with Gasteiger partial charge in [-0.05, 0) is 24.6 Å². The number of hydrazone groups is 1. The first-order valence-corrected chi connectivity index (χ1v) is 7.99. The molecule has 0 bridgehead atoms. The predicted octanol–water partition coefficient (Wildman–Crippen LogP) is 1.19. The number of nitrogens with two attached hydrogens (primary N) is 2. The quantitative estimate of drug-likeness (QED) is 0.148. The molecule has 0 aliphatic carbocycles. The van der Waals surface area contributed by atoms with Crippen LogP contribution in [0.15, 0.2) is 23.3 Å². The van der Waals surface area contributed by atoms with Crippen molar-refractivity contribution in [2.75, 3.05) is 13.2 Å². The zero-order chi connectivity index (χ0) is 18.4. The minimum absolute atomic E-state index is 0. The maximum Gasteiger partial charge on any atom is 0.534 e. The number of hydrogen-bond donors (Lipinski definition) is 3. The van der Waals surface area contributed by atoms with Crippen molar-refractivity contribution in [1.82, 2.24) is 5.43 Å². The molecule has 0 fully saturated rings. The molecular formula is C12H18ClF3N4O4S. The highest BCUT2D eigenvalue weighted by Gasteiger charge is 2.48. The van der Waals surface area contributed by atoms with Crippen LogP contribution in [0.2, 0.25) is 0 Å². The lowest BCUT2D eigenvalue weighted by Gasteiger charge is -2.12. The summed E-state index contributed by atoms with van der Waals surface area (Å²) in [6, 6.07) is 3.73. The van der Waals surface area contributed by atoms with Crippen molar-refractivity contribution >= 4 is 28.5 Å². The number of aryl methyl sites for hydroxylation is 1. The number of guanidine groups is 1. The van der Waals surface area contributed by atoms with Gasteiger partial charge in [-0.25, -0.2) is 0 Å². The Morgan fingerprint density at radius 1 is 1.24 bits per heavy atom. The largest absolute Gasteiger partial charge is 0.534 e. The number of benzene rings is 1. The number of nitrogens with one attached hydrogen (secondary N) is 1. The van der Waals surface area contributed by atoms with Crippen molar-refractivity contribution in [3.8, 4) is 11.5 Å². The van der Waals surface area contributed by atoms with E-state index >= 15 is 0 Å². The monoisotopic (exact) mass is 406 g/mol. The molecule has 0 heterocycles. The van der Waals surface area contributed by atoms with Gasteiger partial charge in [0.25, 0.3) is 0 Å². The highest BCUT2D eigenvalue weighted by molar-refractivity contribution is 7.88. The van der Waals surface area contributed by atoms with Crippen molar-refractivity contribution < 1.29 is 30.5 Å². The third kappa shape index (κ3) is 8.03. The van der Waals surface area contributed by atoms with E-state index in [1.807, 2.05) is 0 Å². The molecule has 13 heteroatoms. The number of rotatable bonds is 8. The van der Waals surface area contributed by atoms with Gasteiger partial charge < -0.3 is 25.8 Å². The molecule has 0 atom stereocenters. The van der Waals surface area contributed by atoms with E-state index in [9.17, 15) is 21.6 Å². The van der Waals surface area contributed by atoms with E-state index in [0.717, 1.165) is 12.1 Å². The smallest absolute Gasteiger partial charge is 0.493 e. The zero-order valence-electron chi connectivity index (χ0n) is 13.0. The topological polar surface area (TPSA) is 129 Å². The second-order valence-electron chi connectivity index (χ2n) is 4.61. The Balaban J connectivity index is 0.00000576. The van der Waals surface area contributed by atoms with Gasteiger partial charge in [0.2, 0.25) is 5.96 Å². The van der Waals surface area contributed by atoms with Crippen LogP contribution in [0.3, 0.4) is 0 Å². The molecular weight excluding hydrogens is 389 g/mol. The van der Waals surface area contributed by atoms with Gasteiger partial charge in [0.1, 0.15) is 11.5 Å². The molecule has 1 rings (SSSR count). The number of ether oxygens (including phenoxy) is 1. The van der Waals surface area contributed by atoms with Gasteiger partial charge in [-0.15, -0.1) is 17.5 Å². The molecule has 0 spiro atoms. The number of halogens is 4. The van der Waals surface area contributed by atoms with Crippen LogP contribution in [-0.4, -0.2) is 33.0 Å². The van der Waals surface area contributed by atoms with Gasteiger partial charge in [-0.3, -0.25) is 0 Å². The Morgan fingerprint density at radius 2 is 1.84 bits per heavy atom. The van der Waals surface area contributed by atoms with Crippen molar-refractivity contribution in [2.24, 2.45) is 16.6 Å². The summed E-state index contributed by atoms with van der Waals surface area (Å²) in [6.45, 7) is 2.15. The summed E-state index contributed by atoms with van der Waals surface area (Å²) < 4.78 is 68.4. The highest BCUT2D eigenvalue weighted by Crippen LogP contribution is 2.29. The van der Waals surface area contributed by atoms with Gasteiger partial charge >= 0.3 is 15.6 Å². The van der Waals surface area contributed by atoms with E-state index in [0.29, 0.717) is 18.5 Å². The van der Waals surface area contributed by atoms with Crippen LogP contribution < -0.4 is 25.8 Å². The number of nitrogens with zero attached hydrogens (tertiary/aromatic N) is 1. The lowest BCUT2D eigenvalue weighted by Crippen LogP contribution is -2.28. The summed E-state index contributed by atoms with van der Waals surface area (Å²) in [4.78, 5) is 0. The molecule has 0 aliphatic rings. The minimum Gasteiger partial charge on any atom is -0.493 e. The van der Waals surface area contributed by atoms with Crippen LogP contribution in [0.5, 0.6) is 11.5 Å². The molecule has 0 saturated carbocycles. The predicted molar refractivity (Wildman–Crippen MR) is 88.0 cm³/mol. The fraction of sp³-hybridized carbons (Fsp3) is 0.417. The Bertz CT molecular complexity index is 694. The third-order valence-electron chi connectivity index (χ3n) is 2.42. The second-order valence-corrected chi connectivity index (χ2v) is 6.15. The summed E-state index contributed by atoms with van der Waals surface area (Å²) in [5.41, 5.74) is 7.74. The Labute approximate surface area is 148 Å². The van der Waals surface area contributed by atoms with Gasteiger partial charge in [0.15, 0.2) is 0 Å². The first-order chi connectivity index (χ1) is 11.0. The summed E-state index contributed by atoms with van der Waals surface area (Å²) in [7, 11) is -5.73. The Kier molecular flexibility index (Phi) is 8.63. The summed E-state index contributed by atoms with van der Waals surface area (Å²) in [5, 5.41) is 3.53. The average Bonchev–Trinajstić information content (AvgIpc) is 2.40. The van der Waals surface area contributed by atoms with Crippen LogP contribution in [0.25, 0.3) is 0 Å². The molecule has 8 nitrogen and oxygen atoms in total. The maximum atomic E-state index is 12.3. The molecule has 1 aromatic rings. The van der Waals surface area contributed by atoms with E-state index in [4.69, 9.17) is 16.2 Å². The van der Waals surface area contributed by atoms with E-state index < -0.39 is 21.4 Å². The maximum absolute atomic E-state index is 12.3. The van der Waals surface area contributed by atoms with Crippen molar-refractivity contribution in [3.63, 3.8) is 0 Å². The van der Waals surface area contributed by atoms with Crippen LogP contribution >= 0.6 is 12.4 Å². The van der Waals surface area contributed by atoms with Crippen molar-refractivity contribution in [2.45, 2.75) is 18.9 Å². The summed E-state index contributed by atoms with van der Waals surface area (Å²) >= 11 is 0. The fourth-order valence-corrected chi connectivity index (χ4v) is 1.95. The lowest BCUT2D eigenvalue weighted by atomic mass is 10.2. The normalized spacial score (nSPS) is 11.2. The standard InChI is InChI=1S/C12H17F3N4O4S.ClH/c1-8-5-9(22-4-2-3-18-19-11(16)17)7-10(6-8)23-24(20,21)12(13,14)15;/h5-7,18H,2-4H2,1H3,(H4,16,17,19);1H. The molecule has 0 aromatic heterocycles. The first kappa shape index (κ1) is 22.9. The molecule has 0 amide bonds. The molecule has 5 N–H and O–H groups in total. The molecule has 0 radical (unpaired) electrons. The van der Waals surface area contributed by atoms with Gasteiger partial charge in [0, 0.05) is 19.0 Å². The van der Waals surface area contributed by atoms with E-state index in [1.54, 1.807) is 6.92 Å². The van der Waals surface area contributed by atoms with Gasteiger partial charge in [0.05, 0.1) is 6.61 Å². The van der Waals surface area contributed by atoms with E-state index in [1.165, 1.54) is 6.07 Å². The molecule has 25 heavy (non-hydrogen) atoms. The van der Waals surface area contributed by atoms with Crippen molar-refractivity contribution in [3.05, 3.63) is 23.8 Å². The first-order valence-electron chi connectivity index (χ1n) is 6.58. The lowest BCUT2D eigenvalue weighted by molar-refractivity contribution is -0.0500. The third-order valence-corrected chi connectivity index (χ3v) is 3.40. The van der Waals surface area contributed by atoms with E-state index in [2.05, 4.69) is 14.7 Å². The molecule has 0 saturated heterocycles. The second kappa shape index (κ2) is 9.42. The van der Waals surface area contributed by atoms with E-state index in [-0.39, 0.29) is 30.7 Å². The molecule has 1 aromatic carbocycles. The number of hydrogen-bond acceptors (Lipinski definition) is 6. The Hall–Kier alpha value is -2.08. The van der Waals surface area contributed by atoms with Gasteiger partial charge in [-0.2, -0.15) is 21.6 Å². The van der Waals surface area contributed by atoms with Crippen LogP contribution in [0.4, 0.5) is 13.2 Å². The zero-order valence-corrected chi connectivity index (χ0v) is 14.7.